The highest BCUT2D eigenvalue weighted by Gasteiger charge is 2.17. The fraction of sp³-hybridized carbons (Fsp3) is 0.133. The van der Waals surface area contributed by atoms with E-state index in [1.807, 2.05) is 42.5 Å². The molecule has 0 radical (unpaired) electrons. The van der Waals surface area contributed by atoms with E-state index < -0.39 is 0 Å². The van der Waals surface area contributed by atoms with Gasteiger partial charge in [0.05, 0.1) is 23.6 Å². The number of anilines is 2. The molecule has 0 aliphatic heterocycles. The number of H-pyrrole nitrogens is 1. The minimum atomic E-state index is -0.205. The van der Waals surface area contributed by atoms with Gasteiger partial charge in [0.25, 0.3) is 5.56 Å². The van der Waals surface area contributed by atoms with E-state index in [9.17, 15) is 4.79 Å². The Morgan fingerprint density at radius 1 is 0.947 bits per heavy atom. The fourth-order valence-electron chi connectivity index (χ4n) is 4.59. The molecule has 0 fully saturated rings. The highest BCUT2D eigenvalue weighted by molar-refractivity contribution is 6.02. The Hall–Kier alpha value is -4.98. The van der Waals surface area contributed by atoms with Crippen LogP contribution in [-0.4, -0.2) is 31.8 Å². The van der Waals surface area contributed by atoms with Crippen molar-refractivity contribution < 1.29 is 4.74 Å². The van der Waals surface area contributed by atoms with Gasteiger partial charge in [0.1, 0.15) is 11.3 Å². The third-order valence-electron chi connectivity index (χ3n) is 6.65. The van der Waals surface area contributed by atoms with Crippen LogP contribution in [0.3, 0.4) is 0 Å². The summed E-state index contributed by atoms with van der Waals surface area (Å²) in [6.07, 6.45) is 3.32. The number of hydrogen-bond acceptors (Lipinski definition) is 6. The lowest BCUT2D eigenvalue weighted by molar-refractivity contribution is 0.415. The summed E-state index contributed by atoms with van der Waals surface area (Å²) in [7, 11) is 1.62. The molecule has 3 aromatic carbocycles. The third kappa shape index (κ3) is 4.16. The van der Waals surface area contributed by atoms with Gasteiger partial charge in [-0.2, -0.15) is 10.1 Å². The summed E-state index contributed by atoms with van der Waals surface area (Å²) in [6, 6.07) is 23.9. The molecule has 0 bridgehead atoms. The maximum atomic E-state index is 13.7. The molecule has 0 saturated carbocycles. The van der Waals surface area contributed by atoms with Gasteiger partial charge in [-0.15, -0.1) is 0 Å². The van der Waals surface area contributed by atoms with Crippen molar-refractivity contribution in [3.05, 3.63) is 101 Å². The van der Waals surface area contributed by atoms with Crippen LogP contribution in [0.15, 0.2) is 90.0 Å². The Morgan fingerprint density at radius 2 is 1.71 bits per heavy atom. The zero-order valence-corrected chi connectivity index (χ0v) is 21.3. The first-order chi connectivity index (χ1) is 18.5. The van der Waals surface area contributed by atoms with Crippen LogP contribution in [0.5, 0.6) is 5.75 Å². The van der Waals surface area contributed by atoms with Crippen molar-refractivity contribution in [3.63, 3.8) is 0 Å². The molecular formula is C30H26N6O2. The monoisotopic (exact) mass is 502 g/mol. The number of methoxy groups -OCH3 is 1. The number of rotatable bonds is 6. The van der Waals surface area contributed by atoms with Crippen molar-refractivity contribution in [2.24, 2.45) is 0 Å². The first-order valence-corrected chi connectivity index (χ1v) is 12.4. The van der Waals surface area contributed by atoms with Gasteiger partial charge in [-0.25, -0.2) is 4.98 Å². The van der Waals surface area contributed by atoms with Gasteiger partial charge in [-0.1, -0.05) is 50.2 Å². The Balaban J connectivity index is 1.51. The van der Waals surface area contributed by atoms with Crippen LogP contribution in [-0.2, 0) is 0 Å². The lowest BCUT2D eigenvalue weighted by Gasteiger charge is -2.14. The van der Waals surface area contributed by atoms with Crippen molar-refractivity contribution in [1.29, 1.82) is 0 Å². The van der Waals surface area contributed by atoms with Gasteiger partial charge in [0.2, 0.25) is 5.95 Å². The number of benzene rings is 3. The molecule has 188 valence electrons. The number of aromatic nitrogens is 5. The molecule has 6 aromatic rings. The van der Waals surface area contributed by atoms with Crippen molar-refractivity contribution in [1.82, 2.24) is 24.7 Å². The summed E-state index contributed by atoms with van der Waals surface area (Å²) in [4.78, 5) is 23.0. The molecule has 38 heavy (non-hydrogen) atoms. The number of nitrogens with one attached hydrogen (secondary N) is 2. The zero-order chi connectivity index (χ0) is 26.2. The summed E-state index contributed by atoms with van der Waals surface area (Å²) in [5.74, 6) is 1.54. The molecule has 3 aromatic heterocycles. The van der Waals surface area contributed by atoms with Gasteiger partial charge >= 0.3 is 0 Å². The van der Waals surface area contributed by atoms with Gasteiger partial charge in [0.15, 0.2) is 5.65 Å². The number of aromatic amines is 1. The van der Waals surface area contributed by atoms with Gasteiger partial charge in [-0.05, 0) is 59.0 Å². The maximum Gasteiger partial charge on any atom is 0.267 e. The van der Waals surface area contributed by atoms with Gasteiger partial charge < -0.3 is 10.1 Å². The molecule has 2 N–H and O–H groups in total. The average Bonchev–Trinajstić information content (AvgIpc) is 3.45. The van der Waals surface area contributed by atoms with E-state index in [1.165, 1.54) is 5.56 Å². The second-order valence-electron chi connectivity index (χ2n) is 9.40. The van der Waals surface area contributed by atoms with Crippen LogP contribution in [0, 0.1) is 0 Å². The van der Waals surface area contributed by atoms with Crippen molar-refractivity contribution in [3.8, 4) is 22.6 Å². The van der Waals surface area contributed by atoms with Crippen LogP contribution < -0.4 is 15.6 Å². The molecule has 8 heteroatoms. The number of hydrogen-bond donors (Lipinski definition) is 2. The molecule has 0 aliphatic carbocycles. The SMILES string of the molecule is COc1ccc(Nc2ncc3c4n[nH]cc4c(=O)n(-c4cccc(-c5cccc(C(C)C)c5)c4)c3n2)cc1. The van der Waals surface area contributed by atoms with Crippen LogP contribution in [0.25, 0.3) is 38.8 Å². The highest BCUT2D eigenvalue weighted by atomic mass is 16.5. The van der Waals surface area contributed by atoms with E-state index >= 15 is 0 Å². The smallest absolute Gasteiger partial charge is 0.267 e. The first kappa shape index (κ1) is 23.4. The number of pyridine rings is 1. The summed E-state index contributed by atoms with van der Waals surface area (Å²) >= 11 is 0. The summed E-state index contributed by atoms with van der Waals surface area (Å²) in [5, 5.41) is 11.5. The van der Waals surface area contributed by atoms with E-state index in [2.05, 4.69) is 64.7 Å². The zero-order valence-electron chi connectivity index (χ0n) is 21.3. The second kappa shape index (κ2) is 9.48. The lowest BCUT2D eigenvalue weighted by Crippen LogP contribution is -2.20. The Bertz CT molecular complexity index is 1840. The molecule has 0 saturated heterocycles. The largest absolute Gasteiger partial charge is 0.497 e. The predicted octanol–water partition coefficient (Wildman–Crippen LogP) is 6.20. The summed E-state index contributed by atoms with van der Waals surface area (Å²) in [6.45, 7) is 4.36. The topological polar surface area (TPSA) is 97.7 Å². The molecule has 8 nitrogen and oxygen atoms in total. The molecule has 0 unspecified atom stereocenters. The fourth-order valence-corrected chi connectivity index (χ4v) is 4.59. The van der Waals surface area contributed by atoms with Crippen LogP contribution in [0.1, 0.15) is 25.3 Å². The van der Waals surface area contributed by atoms with Crippen LogP contribution >= 0.6 is 0 Å². The van der Waals surface area contributed by atoms with Gasteiger partial charge in [0, 0.05) is 18.1 Å². The molecule has 0 aliphatic rings. The molecule has 0 spiro atoms. The Labute approximate surface area is 219 Å². The minimum absolute atomic E-state index is 0.205. The number of nitrogens with zero attached hydrogens (tertiary/aromatic N) is 4. The lowest BCUT2D eigenvalue weighted by atomic mass is 9.97. The van der Waals surface area contributed by atoms with E-state index in [1.54, 1.807) is 24.1 Å². The number of ether oxygens (including phenoxy) is 1. The van der Waals surface area contributed by atoms with E-state index in [-0.39, 0.29) is 5.56 Å². The predicted molar refractivity (Wildman–Crippen MR) is 151 cm³/mol. The van der Waals surface area contributed by atoms with Gasteiger partial charge in [-0.3, -0.25) is 14.5 Å². The Morgan fingerprint density at radius 3 is 2.47 bits per heavy atom. The molecular weight excluding hydrogens is 476 g/mol. The summed E-state index contributed by atoms with van der Waals surface area (Å²) < 4.78 is 6.87. The highest BCUT2D eigenvalue weighted by Crippen LogP contribution is 2.28. The second-order valence-corrected chi connectivity index (χ2v) is 9.40. The molecule has 0 amide bonds. The normalized spacial score (nSPS) is 11.4. The van der Waals surface area contributed by atoms with Crippen molar-refractivity contribution >= 4 is 33.6 Å². The van der Waals surface area contributed by atoms with Crippen LogP contribution in [0.4, 0.5) is 11.6 Å². The maximum absolute atomic E-state index is 13.7. The van der Waals surface area contributed by atoms with Crippen molar-refractivity contribution in [2.75, 3.05) is 12.4 Å². The molecule has 3 heterocycles. The third-order valence-corrected chi connectivity index (χ3v) is 6.65. The standard InChI is InChI=1S/C30H26N6O2/c1-18(2)19-6-4-7-20(14-19)21-8-5-9-23(15-21)36-28-25(27-26(29(36)37)17-32-35-27)16-31-30(34-28)33-22-10-12-24(38-3)13-11-22/h4-18H,1-3H3,(H,32,35)(H,31,33,34). The Kier molecular flexibility index (Phi) is 5.84. The summed E-state index contributed by atoms with van der Waals surface area (Å²) in [5.41, 5.74) is 5.68. The van der Waals surface area contributed by atoms with E-state index in [0.717, 1.165) is 22.6 Å². The molecule has 6 rings (SSSR count). The number of fused-ring (bicyclic) bond motifs is 3. The first-order valence-electron chi connectivity index (χ1n) is 12.4. The quantitative estimate of drug-likeness (QED) is 0.281. The molecule has 0 atom stereocenters. The minimum Gasteiger partial charge on any atom is -0.497 e. The van der Waals surface area contributed by atoms with Crippen molar-refractivity contribution in [2.45, 2.75) is 19.8 Å². The van der Waals surface area contributed by atoms with E-state index in [0.29, 0.717) is 39.5 Å². The average molecular weight is 503 g/mol. The van der Waals surface area contributed by atoms with E-state index in [4.69, 9.17) is 9.72 Å². The van der Waals surface area contributed by atoms with Crippen LogP contribution in [0.2, 0.25) is 0 Å².